The summed E-state index contributed by atoms with van der Waals surface area (Å²) in [6.07, 6.45) is 1.74. The van der Waals surface area contributed by atoms with Crippen molar-refractivity contribution < 1.29 is 0 Å². The van der Waals surface area contributed by atoms with Crippen LogP contribution in [-0.4, -0.2) is 10.4 Å². The monoisotopic (exact) mass is 129 g/mol. The molecule has 0 amide bonds. The Labute approximate surface area is 51.0 Å². The highest BCUT2D eigenvalue weighted by Gasteiger charge is 1.81. The molecule has 1 aromatic heterocycles. The molecule has 0 saturated carbocycles. The molecule has 0 aliphatic carbocycles. The van der Waals surface area contributed by atoms with Crippen LogP contribution in [0.4, 0.5) is 0 Å². The number of rotatable bonds is 1. The normalized spacial score (nSPS) is 8.57. The van der Waals surface area contributed by atoms with Crippen molar-refractivity contribution in [2.45, 2.75) is 0 Å². The Morgan fingerprint density at radius 3 is 3.00 bits per heavy atom. The van der Waals surface area contributed by atoms with Crippen molar-refractivity contribution in [1.29, 1.82) is 0 Å². The molecule has 0 unspecified atom stereocenters. The van der Waals surface area contributed by atoms with Crippen molar-refractivity contribution in [3.05, 3.63) is 16.6 Å². The van der Waals surface area contributed by atoms with E-state index in [0.29, 0.717) is 0 Å². The SMILES string of the molecule is S=Cc1nccs1. The van der Waals surface area contributed by atoms with Crippen molar-refractivity contribution in [2.24, 2.45) is 0 Å². The lowest BCUT2D eigenvalue weighted by molar-refractivity contribution is 1.41. The van der Waals surface area contributed by atoms with Crippen molar-refractivity contribution in [3.8, 4) is 0 Å². The van der Waals surface area contributed by atoms with Gasteiger partial charge in [0.2, 0.25) is 0 Å². The summed E-state index contributed by atoms with van der Waals surface area (Å²) in [5.74, 6) is 0. The fourth-order valence-corrected chi connectivity index (χ4v) is 0.959. The van der Waals surface area contributed by atoms with Gasteiger partial charge in [0.15, 0.2) is 0 Å². The lowest BCUT2D eigenvalue weighted by Gasteiger charge is -1.68. The Kier molecular flexibility index (Phi) is 1.49. The summed E-state index contributed by atoms with van der Waals surface area (Å²) in [6.45, 7) is 0. The maximum Gasteiger partial charge on any atom is 0.126 e. The number of hydrogen-bond donors (Lipinski definition) is 0. The van der Waals surface area contributed by atoms with Crippen molar-refractivity contribution in [2.75, 3.05) is 0 Å². The molecule has 7 heavy (non-hydrogen) atoms. The maximum atomic E-state index is 4.60. The van der Waals surface area contributed by atoms with Gasteiger partial charge in [-0.15, -0.1) is 11.3 Å². The fraction of sp³-hybridized carbons (Fsp3) is 0. The molecular weight excluding hydrogens is 126 g/mol. The molecule has 0 saturated heterocycles. The first kappa shape index (κ1) is 4.87. The second-order valence-corrected chi connectivity index (χ2v) is 2.15. The minimum absolute atomic E-state index is 0.912. The third kappa shape index (κ3) is 1.04. The van der Waals surface area contributed by atoms with E-state index < -0.39 is 0 Å². The average molecular weight is 129 g/mol. The molecule has 3 heteroatoms. The van der Waals surface area contributed by atoms with E-state index >= 15 is 0 Å². The number of thiazole rings is 1. The molecule has 0 atom stereocenters. The minimum Gasteiger partial charge on any atom is -0.244 e. The first-order valence-electron chi connectivity index (χ1n) is 1.78. The smallest absolute Gasteiger partial charge is 0.126 e. The van der Waals surface area contributed by atoms with Gasteiger partial charge in [-0.3, -0.25) is 0 Å². The van der Waals surface area contributed by atoms with Crippen LogP contribution in [0.2, 0.25) is 0 Å². The van der Waals surface area contributed by atoms with E-state index in [-0.39, 0.29) is 0 Å². The quantitative estimate of drug-likeness (QED) is 0.533. The number of aromatic nitrogens is 1. The van der Waals surface area contributed by atoms with Gasteiger partial charge in [-0.05, 0) is 0 Å². The number of nitrogens with zero attached hydrogens (tertiary/aromatic N) is 1. The van der Waals surface area contributed by atoms with Gasteiger partial charge in [-0.2, -0.15) is 0 Å². The maximum absolute atomic E-state index is 4.60. The molecule has 36 valence electrons. The third-order valence-corrected chi connectivity index (χ3v) is 1.65. The lowest BCUT2D eigenvalue weighted by Crippen LogP contribution is -1.67. The molecule has 0 N–H and O–H groups in total. The highest BCUT2D eigenvalue weighted by atomic mass is 32.1. The largest absolute Gasteiger partial charge is 0.244 e. The van der Waals surface area contributed by atoms with E-state index in [0.717, 1.165) is 5.01 Å². The lowest BCUT2D eigenvalue weighted by atomic mass is 10.8. The van der Waals surface area contributed by atoms with Crippen molar-refractivity contribution >= 4 is 28.9 Å². The van der Waals surface area contributed by atoms with Crippen LogP contribution in [0.1, 0.15) is 5.01 Å². The Morgan fingerprint density at radius 1 is 1.86 bits per heavy atom. The Morgan fingerprint density at radius 2 is 2.71 bits per heavy atom. The highest BCUT2D eigenvalue weighted by molar-refractivity contribution is 7.79. The summed E-state index contributed by atoms with van der Waals surface area (Å²) in [5.41, 5.74) is 0. The minimum atomic E-state index is 0.912. The number of thiocarbonyl (C=S) groups is 1. The van der Waals surface area contributed by atoms with E-state index in [2.05, 4.69) is 17.2 Å². The molecule has 1 aromatic rings. The molecule has 0 aliphatic heterocycles. The summed E-state index contributed by atoms with van der Waals surface area (Å²) >= 11 is 6.15. The topological polar surface area (TPSA) is 12.9 Å². The van der Waals surface area contributed by atoms with Gasteiger partial charge in [-0.25, -0.2) is 4.98 Å². The molecule has 1 rings (SSSR count). The zero-order chi connectivity index (χ0) is 5.11. The van der Waals surface area contributed by atoms with Gasteiger partial charge < -0.3 is 0 Å². The van der Waals surface area contributed by atoms with Gasteiger partial charge in [-0.1, -0.05) is 12.2 Å². The van der Waals surface area contributed by atoms with Crippen LogP contribution in [0.3, 0.4) is 0 Å². The second-order valence-electron chi connectivity index (χ2n) is 0.988. The molecule has 1 heterocycles. The van der Waals surface area contributed by atoms with E-state index in [4.69, 9.17) is 0 Å². The van der Waals surface area contributed by atoms with Crippen molar-refractivity contribution in [1.82, 2.24) is 4.98 Å². The van der Waals surface area contributed by atoms with E-state index in [1.54, 1.807) is 22.9 Å². The summed E-state index contributed by atoms with van der Waals surface area (Å²) in [5, 5.41) is 4.39. The van der Waals surface area contributed by atoms with Gasteiger partial charge in [0.25, 0.3) is 0 Å². The summed E-state index contributed by atoms with van der Waals surface area (Å²) < 4.78 is 0. The molecular formula is C4H3NS2. The molecule has 0 aromatic carbocycles. The molecule has 0 spiro atoms. The Hall–Kier alpha value is -0.280. The third-order valence-electron chi connectivity index (χ3n) is 0.552. The predicted molar refractivity (Wildman–Crippen MR) is 34.9 cm³/mol. The van der Waals surface area contributed by atoms with Crippen LogP contribution in [0, 0.1) is 0 Å². The summed E-state index contributed by atoms with van der Waals surface area (Å²) in [7, 11) is 0. The summed E-state index contributed by atoms with van der Waals surface area (Å²) in [6, 6.07) is 0. The first-order chi connectivity index (χ1) is 3.43. The van der Waals surface area contributed by atoms with Gasteiger partial charge in [0, 0.05) is 16.9 Å². The van der Waals surface area contributed by atoms with Crippen LogP contribution < -0.4 is 0 Å². The van der Waals surface area contributed by atoms with Gasteiger partial charge in [0.05, 0.1) is 0 Å². The van der Waals surface area contributed by atoms with Crippen molar-refractivity contribution in [3.63, 3.8) is 0 Å². The molecule has 0 aliphatic rings. The molecule has 0 bridgehead atoms. The van der Waals surface area contributed by atoms with Gasteiger partial charge >= 0.3 is 0 Å². The fourth-order valence-electron chi connectivity index (χ4n) is 0.293. The zero-order valence-corrected chi connectivity index (χ0v) is 5.13. The van der Waals surface area contributed by atoms with Crippen LogP contribution in [0.15, 0.2) is 11.6 Å². The van der Waals surface area contributed by atoms with E-state index in [1.165, 1.54) is 0 Å². The van der Waals surface area contributed by atoms with Crippen LogP contribution >= 0.6 is 23.6 Å². The summed E-state index contributed by atoms with van der Waals surface area (Å²) in [4.78, 5) is 3.89. The van der Waals surface area contributed by atoms with Crippen LogP contribution in [0.5, 0.6) is 0 Å². The Bertz CT molecular complexity index is 145. The van der Waals surface area contributed by atoms with Crippen LogP contribution in [0.25, 0.3) is 0 Å². The predicted octanol–water partition coefficient (Wildman–Crippen LogP) is 1.49. The van der Waals surface area contributed by atoms with E-state index in [1.807, 2.05) is 5.38 Å². The van der Waals surface area contributed by atoms with Crippen LogP contribution in [-0.2, 0) is 0 Å². The Balaban J connectivity index is 2.96. The standard InChI is InChI=1S/C4H3NS2/c6-3-4-5-1-2-7-4/h1-3H. The first-order valence-corrected chi connectivity index (χ1v) is 3.13. The molecule has 0 radical (unpaired) electrons. The highest BCUT2D eigenvalue weighted by Crippen LogP contribution is 1.98. The second kappa shape index (κ2) is 2.14. The average Bonchev–Trinajstić information content (AvgIpc) is 2.14. The molecule has 0 fully saturated rings. The van der Waals surface area contributed by atoms with Gasteiger partial charge in [0.1, 0.15) is 5.01 Å². The zero-order valence-electron chi connectivity index (χ0n) is 3.50. The number of hydrogen-bond acceptors (Lipinski definition) is 3. The van der Waals surface area contributed by atoms with E-state index in [9.17, 15) is 0 Å². The molecule has 1 nitrogen and oxygen atoms in total.